The standard InChI is InChI=1S/C11H18N2S/c1-8(6-12-10-3-4-10)5-11-7-14-9(2)13-11/h7-8,10,12H,3-6H2,1-2H3. The van der Waals surface area contributed by atoms with E-state index < -0.39 is 0 Å². The number of nitrogens with zero attached hydrogens (tertiary/aromatic N) is 1. The Bertz CT molecular complexity index is 291. The van der Waals surface area contributed by atoms with Gasteiger partial charge in [-0.3, -0.25) is 0 Å². The third-order valence-corrected chi connectivity index (χ3v) is 3.38. The number of aromatic nitrogens is 1. The van der Waals surface area contributed by atoms with Crippen LogP contribution >= 0.6 is 11.3 Å². The molecule has 1 saturated carbocycles. The van der Waals surface area contributed by atoms with Gasteiger partial charge in [-0.15, -0.1) is 11.3 Å². The van der Waals surface area contributed by atoms with Gasteiger partial charge in [-0.2, -0.15) is 0 Å². The van der Waals surface area contributed by atoms with Crippen LogP contribution in [0, 0.1) is 12.8 Å². The fraction of sp³-hybridized carbons (Fsp3) is 0.727. The molecule has 0 bridgehead atoms. The maximum Gasteiger partial charge on any atom is 0.0897 e. The summed E-state index contributed by atoms with van der Waals surface area (Å²) in [6.07, 6.45) is 3.87. The summed E-state index contributed by atoms with van der Waals surface area (Å²) in [6.45, 7) is 5.51. The summed E-state index contributed by atoms with van der Waals surface area (Å²) in [4.78, 5) is 4.48. The number of thiazole rings is 1. The fourth-order valence-electron chi connectivity index (χ4n) is 1.59. The quantitative estimate of drug-likeness (QED) is 0.807. The summed E-state index contributed by atoms with van der Waals surface area (Å²) < 4.78 is 0. The molecule has 0 radical (unpaired) electrons. The molecule has 1 aliphatic carbocycles. The molecule has 0 spiro atoms. The fourth-order valence-corrected chi connectivity index (χ4v) is 2.21. The zero-order chi connectivity index (χ0) is 9.97. The highest BCUT2D eigenvalue weighted by Crippen LogP contribution is 2.19. The summed E-state index contributed by atoms with van der Waals surface area (Å²) in [5.41, 5.74) is 1.26. The minimum atomic E-state index is 0.706. The van der Waals surface area contributed by atoms with Crippen LogP contribution in [-0.4, -0.2) is 17.6 Å². The van der Waals surface area contributed by atoms with Crippen LogP contribution in [0.15, 0.2) is 5.38 Å². The predicted octanol–water partition coefficient (Wildman–Crippen LogP) is 2.38. The largest absolute Gasteiger partial charge is 0.314 e. The monoisotopic (exact) mass is 210 g/mol. The number of hydrogen-bond acceptors (Lipinski definition) is 3. The summed E-state index contributed by atoms with van der Waals surface area (Å²) in [5, 5.41) is 6.93. The first-order chi connectivity index (χ1) is 6.74. The second-order valence-electron chi connectivity index (χ2n) is 4.35. The zero-order valence-corrected chi connectivity index (χ0v) is 9.73. The van der Waals surface area contributed by atoms with Gasteiger partial charge in [0, 0.05) is 11.4 Å². The second kappa shape index (κ2) is 4.41. The molecule has 1 atom stereocenters. The van der Waals surface area contributed by atoms with Crippen LogP contribution in [0.4, 0.5) is 0 Å². The van der Waals surface area contributed by atoms with Crippen LogP contribution in [0.3, 0.4) is 0 Å². The third kappa shape index (κ3) is 3.07. The van der Waals surface area contributed by atoms with Crippen molar-refractivity contribution < 1.29 is 0 Å². The van der Waals surface area contributed by atoms with Gasteiger partial charge < -0.3 is 5.32 Å². The number of aryl methyl sites for hydroxylation is 1. The lowest BCUT2D eigenvalue weighted by Crippen LogP contribution is -2.24. The van der Waals surface area contributed by atoms with Gasteiger partial charge in [0.25, 0.3) is 0 Å². The Hall–Kier alpha value is -0.410. The second-order valence-corrected chi connectivity index (χ2v) is 5.41. The summed E-state index contributed by atoms with van der Waals surface area (Å²) in [6, 6.07) is 0.828. The highest BCUT2D eigenvalue weighted by atomic mass is 32.1. The maximum absolute atomic E-state index is 4.48. The van der Waals surface area contributed by atoms with E-state index in [1.807, 2.05) is 0 Å². The highest BCUT2D eigenvalue weighted by Gasteiger charge is 2.20. The van der Waals surface area contributed by atoms with E-state index in [9.17, 15) is 0 Å². The van der Waals surface area contributed by atoms with E-state index in [1.165, 1.54) is 23.5 Å². The van der Waals surface area contributed by atoms with Crippen LogP contribution in [0.2, 0.25) is 0 Å². The molecule has 1 aromatic rings. The topological polar surface area (TPSA) is 24.9 Å². The van der Waals surface area contributed by atoms with Gasteiger partial charge in [0.05, 0.1) is 10.7 Å². The molecular weight excluding hydrogens is 192 g/mol. The van der Waals surface area contributed by atoms with Crippen molar-refractivity contribution in [3.63, 3.8) is 0 Å². The molecule has 1 heterocycles. The van der Waals surface area contributed by atoms with Gasteiger partial charge in [0.2, 0.25) is 0 Å². The van der Waals surface area contributed by atoms with Crippen molar-refractivity contribution in [2.45, 2.75) is 39.2 Å². The average Bonchev–Trinajstić information content (AvgIpc) is 2.88. The number of nitrogens with one attached hydrogen (secondary N) is 1. The molecule has 0 aliphatic heterocycles. The van der Waals surface area contributed by atoms with E-state index in [0.29, 0.717) is 5.92 Å². The van der Waals surface area contributed by atoms with Crippen molar-refractivity contribution in [2.24, 2.45) is 5.92 Å². The molecule has 78 valence electrons. The van der Waals surface area contributed by atoms with Gasteiger partial charge in [-0.1, -0.05) is 6.92 Å². The summed E-state index contributed by atoms with van der Waals surface area (Å²) in [5.74, 6) is 0.706. The molecule has 0 saturated heterocycles. The van der Waals surface area contributed by atoms with Crippen LogP contribution in [0.5, 0.6) is 0 Å². The van der Waals surface area contributed by atoms with Crippen molar-refractivity contribution in [2.75, 3.05) is 6.54 Å². The Morgan fingerprint density at radius 2 is 2.43 bits per heavy atom. The van der Waals surface area contributed by atoms with Gasteiger partial charge in [0.15, 0.2) is 0 Å². The lowest BCUT2D eigenvalue weighted by molar-refractivity contribution is 0.505. The Balaban J connectivity index is 1.72. The predicted molar refractivity (Wildman–Crippen MR) is 60.7 cm³/mol. The SMILES string of the molecule is Cc1nc(CC(C)CNC2CC2)cs1. The normalized spacial score (nSPS) is 18.4. The van der Waals surface area contributed by atoms with Gasteiger partial charge in [0.1, 0.15) is 0 Å². The smallest absolute Gasteiger partial charge is 0.0897 e. The molecule has 0 amide bonds. The first-order valence-electron chi connectivity index (χ1n) is 5.38. The Kier molecular flexibility index (Phi) is 3.19. The molecule has 1 aliphatic rings. The Labute approximate surface area is 89.8 Å². The summed E-state index contributed by atoms with van der Waals surface area (Å²) in [7, 11) is 0. The summed E-state index contributed by atoms with van der Waals surface area (Å²) >= 11 is 1.75. The lowest BCUT2D eigenvalue weighted by atomic mass is 10.1. The Morgan fingerprint density at radius 3 is 3.00 bits per heavy atom. The van der Waals surface area contributed by atoms with E-state index in [4.69, 9.17) is 0 Å². The van der Waals surface area contributed by atoms with Crippen molar-refractivity contribution in [1.29, 1.82) is 0 Å². The maximum atomic E-state index is 4.48. The van der Waals surface area contributed by atoms with Crippen LogP contribution < -0.4 is 5.32 Å². The highest BCUT2D eigenvalue weighted by molar-refractivity contribution is 7.09. The minimum absolute atomic E-state index is 0.706. The molecule has 1 fully saturated rings. The first kappa shape index (κ1) is 10.1. The van der Waals surface area contributed by atoms with E-state index in [2.05, 4.69) is 29.5 Å². The van der Waals surface area contributed by atoms with E-state index >= 15 is 0 Å². The molecule has 1 unspecified atom stereocenters. The van der Waals surface area contributed by atoms with Crippen molar-refractivity contribution in [3.05, 3.63) is 16.1 Å². The van der Waals surface area contributed by atoms with Crippen molar-refractivity contribution in [3.8, 4) is 0 Å². The van der Waals surface area contributed by atoms with E-state index in [1.54, 1.807) is 11.3 Å². The average molecular weight is 210 g/mol. The van der Waals surface area contributed by atoms with Crippen LogP contribution in [0.1, 0.15) is 30.5 Å². The minimum Gasteiger partial charge on any atom is -0.314 e. The van der Waals surface area contributed by atoms with E-state index in [0.717, 1.165) is 19.0 Å². The van der Waals surface area contributed by atoms with E-state index in [-0.39, 0.29) is 0 Å². The van der Waals surface area contributed by atoms with Gasteiger partial charge >= 0.3 is 0 Å². The van der Waals surface area contributed by atoms with Crippen molar-refractivity contribution in [1.82, 2.24) is 10.3 Å². The molecule has 1 N–H and O–H groups in total. The molecular formula is C11H18N2S. The number of rotatable bonds is 5. The Morgan fingerprint density at radius 1 is 1.64 bits per heavy atom. The number of hydrogen-bond donors (Lipinski definition) is 1. The zero-order valence-electron chi connectivity index (χ0n) is 8.92. The third-order valence-electron chi connectivity index (χ3n) is 2.56. The van der Waals surface area contributed by atoms with Crippen LogP contribution in [0.25, 0.3) is 0 Å². The van der Waals surface area contributed by atoms with Gasteiger partial charge in [-0.05, 0) is 38.6 Å². The molecule has 0 aromatic carbocycles. The molecule has 2 rings (SSSR count). The van der Waals surface area contributed by atoms with Gasteiger partial charge in [-0.25, -0.2) is 4.98 Å². The lowest BCUT2D eigenvalue weighted by Gasteiger charge is -2.10. The molecule has 3 heteroatoms. The van der Waals surface area contributed by atoms with Crippen molar-refractivity contribution >= 4 is 11.3 Å². The first-order valence-corrected chi connectivity index (χ1v) is 6.26. The van der Waals surface area contributed by atoms with Crippen LogP contribution in [-0.2, 0) is 6.42 Å². The molecule has 2 nitrogen and oxygen atoms in total. The molecule has 1 aromatic heterocycles. The molecule has 14 heavy (non-hydrogen) atoms.